The molecule has 1 fully saturated rings. The Labute approximate surface area is 72.9 Å². The quantitative estimate of drug-likeness (QED) is 0.407. The molecule has 70 valence electrons. The van der Waals surface area contributed by atoms with Crippen LogP contribution in [0.4, 0.5) is 0 Å². The van der Waals surface area contributed by atoms with E-state index in [0.717, 1.165) is 0 Å². The van der Waals surface area contributed by atoms with Crippen LogP contribution in [-0.4, -0.2) is 29.3 Å². The summed E-state index contributed by atoms with van der Waals surface area (Å²) in [5.41, 5.74) is 4.78. The first-order chi connectivity index (χ1) is 5.47. The Morgan fingerprint density at radius 1 is 1.67 bits per heavy atom. The molecular weight excluding hydrogens is 154 g/mol. The van der Waals surface area contributed by atoms with Crippen molar-refractivity contribution in [3.05, 3.63) is 0 Å². The van der Waals surface area contributed by atoms with E-state index < -0.39 is 5.60 Å². The van der Waals surface area contributed by atoms with Crippen molar-refractivity contribution in [1.82, 2.24) is 5.32 Å². The van der Waals surface area contributed by atoms with E-state index >= 15 is 0 Å². The molecule has 0 aromatic carbocycles. The van der Waals surface area contributed by atoms with Gasteiger partial charge in [0.25, 0.3) is 0 Å². The van der Waals surface area contributed by atoms with Gasteiger partial charge in [-0.3, -0.25) is 4.99 Å². The molecule has 0 aliphatic heterocycles. The molecule has 12 heavy (non-hydrogen) atoms. The molecule has 1 aliphatic carbocycles. The Bertz CT molecular complexity index is 179. The molecule has 4 nitrogen and oxygen atoms in total. The number of nitrogens with two attached hydrogens (primary N) is 1. The van der Waals surface area contributed by atoms with Crippen molar-refractivity contribution in [2.75, 3.05) is 6.54 Å². The summed E-state index contributed by atoms with van der Waals surface area (Å²) in [5.74, 6) is 0.444. The molecule has 0 aromatic heterocycles. The highest BCUT2D eigenvalue weighted by Gasteiger charge is 2.21. The molecule has 4 heteroatoms. The van der Waals surface area contributed by atoms with Crippen molar-refractivity contribution in [1.29, 1.82) is 0 Å². The van der Waals surface area contributed by atoms with Gasteiger partial charge in [-0.15, -0.1) is 0 Å². The molecule has 0 aromatic rings. The molecule has 0 atom stereocenters. The number of aliphatic imine (C=N–C) groups is 1. The molecular formula is C8H17N3O. The summed E-state index contributed by atoms with van der Waals surface area (Å²) < 4.78 is 0. The number of hydrogen-bond acceptors (Lipinski definition) is 2. The van der Waals surface area contributed by atoms with Gasteiger partial charge in [0.15, 0.2) is 5.96 Å². The number of nitrogens with zero attached hydrogens (tertiary/aromatic N) is 1. The number of nitrogens with one attached hydrogen (secondary N) is 1. The fourth-order valence-corrected chi connectivity index (χ4v) is 0.761. The van der Waals surface area contributed by atoms with Crippen LogP contribution < -0.4 is 11.1 Å². The van der Waals surface area contributed by atoms with Crippen LogP contribution in [0.25, 0.3) is 0 Å². The van der Waals surface area contributed by atoms with Crippen LogP contribution in [0.5, 0.6) is 0 Å². The van der Waals surface area contributed by atoms with Crippen molar-refractivity contribution in [3.63, 3.8) is 0 Å². The Morgan fingerprint density at radius 3 is 2.67 bits per heavy atom. The highest BCUT2D eigenvalue weighted by atomic mass is 16.3. The van der Waals surface area contributed by atoms with E-state index in [1.54, 1.807) is 13.8 Å². The highest BCUT2D eigenvalue weighted by molar-refractivity contribution is 5.78. The second kappa shape index (κ2) is 3.31. The van der Waals surface area contributed by atoms with Crippen LogP contribution in [-0.2, 0) is 0 Å². The van der Waals surface area contributed by atoms with Crippen molar-refractivity contribution in [2.45, 2.75) is 38.3 Å². The van der Waals surface area contributed by atoms with Gasteiger partial charge in [-0.05, 0) is 26.7 Å². The molecule has 4 N–H and O–H groups in total. The van der Waals surface area contributed by atoms with Gasteiger partial charge in [0.2, 0.25) is 0 Å². The topological polar surface area (TPSA) is 70.6 Å². The average Bonchev–Trinajstić information content (AvgIpc) is 2.66. The zero-order valence-electron chi connectivity index (χ0n) is 7.67. The summed E-state index contributed by atoms with van der Waals surface area (Å²) in [5, 5.41) is 12.4. The van der Waals surface area contributed by atoms with Crippen LogP contribution in [0, 0.1) is 0 Å². The van der Waals surface area contributed by atoms with Gasteiger partial charge in [0, 0.05) is 6.04 Å². The summed E-state index contributed by atoms with van der Waals surface area (Å²) in [6.07, 6.45) is 2.36. The monoisotopic (exact) mass is 171 g/mol. The number of rotatable bonds is 3. The van der Waals surface area contributed by atoms with Crippen molar-refractivity contribution in [3.8, 4) is 0 Å². The van der Waals surface area contributed by atoms with E-state index in [1.165, 1.54) is 12.8 Å². The Balaban J connectivity index is 2.24. The largest absolute Gasteiger partial charge is 0.389 e. The Kier molecular flexibility index (Phi) is 2.57. The molecule has 0 amide bonds. The van der Waals surface area contributed by atoms with Gasteiger partial charge in [0.05, 0.1) is 12.1 Å². The zero-order chi connectivity index (χ0) is 9.19. The summed E-state index contributed by atoms with van der Waals surface area (Å²) >= 11 is 0. The lowest BCUT2D eigenvalue weighted by Crippen LogP contribution is -2.35. The first-order valence-corrected chi connectivity index (χ1v) is 4.26. The van der Waals surface area contributed by atoms with E-state index in [9.17, 15) is 5.11 Å². The Morgan fingerprint density at radius 2 is 2.25 bits per heavy atom. The molecule has 0 saturated heterocycles. The molecule has 0 radical (unpaired) electrons. The van der Waals surface area contributed by atoms with E-state index in [2.05, 4.69) is 10.3 Å². The van der Waals surface area contributed by atoms with Crippen LogP contribution >= 0.6 is 0 Å². The molecule has 1 aliphatic rings. The van der Waals surface area contributed by atoms with E-state index in [1.807, 2.05) is 0 Å². The van der Waals surface area contributed by atoms with Crippen molar-refractivity contribution in [2.24, 2.45) is 10.7 Å². The first-order valence-electron chi connectivity index (χ1n) is 4.26. The molecule has 1 rings (SSSR count). The maximum absolute atomic E-state index is 9.33. The fourth-order valence-electron chi connectivity index (χ4n) is 0.761. The van der Waals surface area contributed by atoms with Gasteiger partial charge in [-0.25, -0.2) is 0 Å². The molecule has 0 unspecified atom stereocenters. The minimum Gasteiger partial charge on any atom is -0.389 e. The molecule has 0 bridgehead atoms. The summed E-state index contributed by atoms with van der Waals surface area (Å²) in [6.45, 7) is 3.76. The fraction of sp³-hybridized carbons (Fsp3) is 0.875. The second-order valence-electron chi connectivity index (χ2n) is 3.93. The first kappa shape index (κ1) is 9.32. The number of guanidine groups is 1. The standard InChI is InChI=1S/C8H17N3O/c1-8(2,12)5-10-7(9)11-6-3-4-6/h6,12H,3-5H2,1-2H3,(H3,9,10,11). The number of hydrogen-bond donors (Lipinski definition) is 3. The molecule has 1 saturated carbocycles. The smallest absolute Gasteiger partial charge is 0.188 e. The summed E-state index contributed by atoms with van der Waals surface area (Å²) in [4.78, 5) is 4.01. The van der Waals surface area contributed by atoms with Crippen molar-refractivity contribution >= 4 is 5.96 Å². The third-order valence-corrected chi connectivity index (χ3v) is 1.57. The van der Waals surface area contributed by atoms with Crippen LogP contribution in [0.15, 0.2) is 4.99 Å². The van der Waals surface area contributed by atoms with Crippen LogP contribution in [0.3, 0.4) is 0 Å². The summed E-state index contributed by atoms with van der Waals surface area (Å²) in [7, 11) is 0. The lowest BCUT2D eigenvalue weighted by molar-refractivity contribution is 0.0903. The lowest BCUT2D eigenvalue weighted by atomic mass is 10.1. The highest BCUT2D eigenvalue weighted by Crippen LogP contribution is 2.18. The van der Waals surface area contributed by atoms with E-state index in [4.69, 9.17) is 5.73 Å². The predicted octanol–water partition coefficient (Wildman–Crippen LogP) is -0.176. The third kappa shape index (κ3) is 4.18. The molecule has 0 heterocycles. The van der Waals surface area contributed by atoms with Crippen LogP contribution in [0.2, 0.25) is 0 Å². The maximum atomic E-state index is 9.33. The SMILES string of the molecule is CC(C)(O)CN=C(N)NC1CC1. The van der Waals surface area contributed by atoms with Crippen molar-refractivity contribution < 1.29 is 5.11 Å². The molecule has 0 spiro atoms. The van der Waals surface area contributed by atoms with Gasteiger partial charge in [-0.1, -0.05) is 0 Å². The Hall–Kier alpha value is -0.770. The second-order valence-corrected chi connectivity index (χ2v) is 3.93. The van der Waals surface area contributed by atoms with Gasteiger partial charge >= 0.3 is 0 Å². The minimum absolute atomic E-state index is 0.346. The third-order valence-electron chi connectivity index (χ3n) is 1.57. The van der Waals surface area contributed by atoms with Gasteiger partial charge < -0.3 is 16.2 Å². The summed E-state index contributed by atoms with van der Waals surface area (Å²) in [6, 6.07) is 0.524. The zero-order valence-corrected chi connectivity index (χ0v) is 7.67. The predicted molar refractivity (Wildman–Crippen MR) is 48.9 cm³/mol. The van der Waals surface area contributed by atoms with Crippen LogP contribution in [0.1, 0.15) is 26.7 Å². The van der Waals surface area contributed by atoms with E-state index in [-0.39, 0.29) is 0 Å². The van der Waals surface area contributed by atoms with Gasteiger partial charge in [0.1, 0.15) is 0 Å². The number of aliphatic hydroxyl groups is 1. The van der Waals surface area contributed by atoms with E-state index in [0.29, 0.717) is 18.5 Å². The van der Waals surface area contributed by atoms with Gasteiger partial charge in [-0.2, -0.15) is 0 Å². The minimum atomic E-state index is -0.768. The lowest BCUT2D eigenvalue weighted by Gasteiger charge is -2.14. The maximum Gasteiger partial charge on any atom is 0.188 e. The normalized spacial score (nSPS) is 19.4. The average molecular weight is 171 g/mol.